The molecule has 2 aliphatic rings. The quantitative estimate of drug-likeness (QED) is 0.0208. The number of nitrogens with one attached hydrogen (secondary N) is 3. The molecule has 2 bridgehead atoms. The maximum Gasteiger partial charge on any atom is 0.322 e. The van der Waals surface area contributed by atoms with Crippen LogP contribution in [0.15, 0.2) is 12.2 Å². The minimum absolute atomic E-state index is 0.0206. The van der Waals surface area contributed by atoms with Crippen LogP contribution >= 0.6 is 79.6 Å². The van der Waals surface area contributed by atoms with Gasteiger partial charge in [-0.1, -0.05) is 106 Å². The van der Waals surface area contributed by atoms with Gasteiger partial charge in [0.2, 0.25) is 27.7 Å². The lowest BCUT2D eigenvalue weighted by atomic mass is 9.84. The summed E-state index contributed by atoms with van der Waals surface area (Å²) in [6.45, 7) is 19.0. The summed E-state index contributed by atoms with van der Waals surface area (Å²) in [4.78, 5) is 123. The van der Waals surface area contributed by atoms with Crippen LogP contribution in [-0.4, -0.2) is 244 Å². The summed E-state index contributed by atoms with van der Waals surface area (Å²) in [5, 5.41) is 7.98. The number of ether oxygens (including phenoxy) is 12. The summed E-state index contributed by atoms with van der Waals surface area (Å²) in [7, 11) is -1.95. The molecule has 1 saturated heterocycles. The Bertz CT molecular complexity index is 2560. The highest BCUT2D eigenvalue weighted by atomic mass is 79.9. The lowest BCUT2D eigenvalue weighted by Gasteiger charge is -2.38. The number of sulfonamides is 1. The molecule has 0 saturated carbocycles. The Morgan fingerprint density at radius 1 is 0.463 bits per heavy atom. The van der Waals surface area contributed by atoms with Crippen molar-refractivity contribution >= 4 is 143 Å². The molecule has 4 unspecified atom stereocenters. The molecule has 2 rings (SSSR count). The van der Waals surface area contributed by atoms with Crippen LogP contribution in [0.4, 0.5) is 0 Å². The van der Waals surface area contributed by atoms with Crippen molar-refractivity contribution in [3.8, 4) is 0 Å². The fourth-order valence-electron chi connectivity index (χ4n) is 8.12. The van der Waals surface area contributed by atoms with Crippen LogP contribution in [0, 0.1) is 27.6 Å². The van der Waals surface area contributed by atoms with Crippen LogP contribution in [0.2, 0.25) is 0 Å². The summed E-state index contributed by atoms with van der Waals surface area (Å²) < 4.78 is 89.7. The number of alkyl halides is 5. The lowest BCUT2D eigenvalue weighted by Crippen LogP contribution is -2.59. The largest absolute Gasteiger partial charge is 0.464 e. The van der Waals surface area contributed by atoms with Gasteiger partial charge in [0.1, 0.15) is 82.8 Å². The van der Waals surface area contributed by atoms with Gasteiger partial charge in [-0.3, -0.25) is 43.2 Å². The molecule has 0 radical (unpaired) electrons. The van der Waals surface area contributed by atoms with E-state index in [1.807, 2.05) is 12.2 Å². The second-order valence-electron chi connectivity index (χ2n) is 27.3. The molecule has 548 valence electrons. The van der Waals surface area contributed by atoms with Gasteiger partial charge in [-0.2, -0.15) is 0 Å². The molecule has 2 heterocycles. The number of hydrogen-bond acceptors (Lipinski definition) is 23. The minimum Gasteiger partial charge on any atom is -0.464 e. The Labute approximate surface area is 602 Å². The summed E-state index contributed by atoms with van der Waals surface area (Å²) >= 11 is 16.3. The predicted molar refractivity (Wildman–Crippen MR) is 368 cm³/mol. The van der Waals surface area contributed by atoms with E-state index < -0.39 is 190 Å². The van der Waals surface area contributed by atoms with Crippen molar-refractivity contribution in [3.63, 3.8) is 0 Å². The Kier molecular flexibility index (Phi) is 35.9. The highest BCUT2D eigenvalue weighted by Gasteiger charge is 2.48. The van der Waals surface area contributed by atoms with E-state index >= 15 is 0 Å². The molecule has 4 atom stereocenters. The molecule has 0 aromatic rings. The third kappa shape index (κ3) is 30.8. The van der Waals surface area contributed by atoms with Gasteiger partial charge in [0.15, 0.2) is 0 Å². The maximum atomic E-state index is 14.8. The smallest absolute Gasteiger partial charge is 0.322 e. The topological polar surface area (TPSA) is 338 Å². The van der Waals surface area contributed by atoms with Gasteiger partial charge in [-0.15, -0.1) is 0 Å². The van der Waals surface area contributed by atoms with E-state index in [0.29, 0.717) is 32.6 Å². The molecule has 3 amide bonds. The van der Waals surface area contributed by atoms with Crippen molar-refractivity contribution in [2.75, 3.05) is 139 Å². The monoisotopic (exact) mass is 1700 g/mol. The zero-order chi connectivity index (χ0) is 72.7. The third-order valence-corrected chi connectivity index (χ3v) is 18.6. The second-order valence-corrected chi connectivity index (χ2v) is 39.4. The lowest BCUT2D eigenvalue weighted by molar-refractivity contribution is -0.162. The van der Waals surface area contributed by atoms with Gasteiger partial charge in [0.25, 0.3) is 0 Å². The fraction of sp³-hybridized carbons (Fsp3) is 0.823. The molecule has 3 N–H and O–H groups in total. The molecular formula is C62H101Br5N4O23S. The first kappa shape index (κ1) is 88.1. The molecule has 33 heteroatoms. The number of halogens is 5. The van der Waals surface area contributed by atoms with E-state index in [2.05, 4.69) is 95.6 Å². The van der Waals surface area contributed by atoms with E-state index in [9.17, 15) is 51.6 Å². The van der Waals surface area contributed by atoms with Crippen molar-refractivity contribution in [1.29, 1.82) is 0 Å². The van der Waals surface area contributed by atoms with Crippen LogP contribution in [0.1, 0.15) is 117 Å². The van der Waals surface area contributed by atoms with E-state index in [4.69, 9.17) is 56.8 Å². The number of esters is 6. The van der Waals surface area contributed by atoms with Gasteiger partial charge >= 0.3 is 35.8 Å². The normalized spacial score (nSPS) is 17.0. The molecule has 0 spiro atoms. The van der Waals surface area contributed by atoms with Crippen molar-refractivity contribution in [1.82, 2.24) is 20.3 Å². The average molecular weight is 1700 g/mol. The van der Waals surface area contributed by atoms with Gasteiger partial charge in [0.05, 0.1) is 77.6 Å². The molecule has 0 aromatic heterocycles. The number of carbonyl (C=O) groups excluding carboxylic acids is 9. The van der Waals surface area contributed by atoms with Crippen molar-refractivity contribution in [2.45, 2.75) is 156 Å². The summed E-state index contributed by atoms with van der Waals surface area (Å²) in [5.74, 6) is -7.52. The number of carbonyl (C=O) groups is 9. The van der Waals surface area contributed by atoms with Crippen molar-refractivity contribution in [3.05, 3.63) is 12.2 Å². The minimum atomic E-state index is -3.51. The van der Waals surface area contributed by atoms with Crippen LogP contribution in [0.25, 0.3) is 0 Å². The van der Waals surface area contributed by atoms with Gasteiger partial charge < -0.3 is 72.8 Å². The Hall–Kier alpha value is -2.96. The first-order valence-electron chi connectivity index (χ1n) is 31.1. The number of hydrogen-bond donors (Lipinski definition) is 3. The number of amides is 3. The zero-order valence-electron chi connectivity index (χ0n) is 57.7. The third-order valence-electron chi connectivity index (χ3n) is 14.7. The zero-order valence-corrected chi connectivity index (χ0v) is 66.4. The van der Waals surface area contributed by atoms with E-state index in [-0.39, 0.29) is 52.4 Å². The Morgan fingerprint density at radius 3 is 1.03 bits per heavy atom. The number of fused-ring (bicyclic) bond motifs is 2. The summed E-state index contributed by atoms with van der Waals surface area (Å²) in [5.41, 5.74) is -7.03. The fourth-order valence-corrected chi connectivity index (χ4v) is 10.5. The van der Waals surface area contributed by atoms with Crippen LogP contribution in [0.3, 0.4) is 0 Å². The average Bonchev–Trinajstić information content (AvgIpc) is 1.66. The highest BCUT2D eigenvalue weighted by molar-refractivity contribution is 9.11. The maximum absolute atomic E-state index is 14.8. The number of rotatable bonds is 47. The van der Waals surface area contributed by atoms with E-state index in [1.54, 1.807) is 20.9 Å². The molecule has 27 nitrogen and oxygen atoms in total. The summed E-state index contributed by atoms with van der Waals surface area (Å²) in [6, 6.07) is 0. The van der Waals surface area contributed by atoms with Crippen LogP contribution in [0.5, 0.6) is 0 Å². The van der Waals surface area contributed by atoms with Gasteiger partial charge in [0, 0.05) is 45.2 Å². The molecule has 1 fully saturated rings. The number of nitrogens with zero attached hydrogens (tertiary/aromatic N) is 1. The van der Waals surface area contributed by atoms with Crippen LogP contribution < -0.4 is 16.0 Å². The Morgan fingerprint density at radius 2 is 0.758 bits per heavy atom. The first-order chi connectivity index (χ1) is 43.5. The molecule has 0 aliphatic carbocycles. The SMILES string of the molecule is CC(C)C(=O)OCC(C)(COC(=O)C(C)(C)Br)C(=O)NCC(CNC(=O)C(C)(COC(=O)C(C)(C)Br)COC(=O)C(C)(C)Br)(CNC(=O)C(C)(COC(=O)C(C)(C)Br)COC(=O)C(C)(C)Br)COCCOCCOCCOCCOCCCN(C)S(=O)(=O)C1CC2C=CC1O2. The molecule has 95 heavy (non-hydrogen) atoms. The first-order valence-corrected chi connectivity index (χ1v) is 36.5. The van der Waals surface area contributed by atoms with Crippen LogP contribution in [-0.2, 0) is 110 Å². The highest BCUT2D eigenvalue weighted by Crippen LogP contribution is 2.35. The molecular weight excluding hydrogens is 1600 g/mol. The molecule has 2 aliphatic heterocycles. The standard InChI is InChI=1S/C62H101Br5N4O23S/c1-41(2)45(72)88-34-59(13,35-89-49(76)54(3,4)63)46(73)68-31-62(32-69-47(74)60(14,36-90-50(77)55(5,6)64)37-91-51(78)56(7,8)65,33-70-48(75)61(15,38-92-52(79)57(9,10)66)39-93-53(80)58(11,12)67)40-87-29-28-86-27-26-85-25-24-84-23-22-83-21-17-20-71(16)95(81,82)44-30-42-18-19-43(44)94-42/h18-19,41-44H,17,20-40H2,1-16H3,(H,68,73)(H,69,74)(H,70,75). The predicted octanol–water partition coefficient (Wildman–Crippen LogP) is 5.95. The summed E-state index contributed by atoms with van der Waals surface area (Å²) in [6.07, 6.45) is 4.11. The second kappa shape index (κ2) is 38.7. The van der Waals surface area contributed by atoms with E-state index in [1.165, 1.54) is 94.3 Å². The molecule has 0 aromatic carbocycles. The van der Waals surface area contributed by atoms with E-state index in [0.717, 1.165) is 0 Å². The van der Waals surface area contributed by atoms with Gasteiger partial charge in [-0.25, -0.2) is 12.7 Å². The van der Waals surface area contributed by atoms with Gasteiger partial charge in [-0.05, 0) is 103 Å². The van der Waals surface area contributed by atoms with Crippen molar-refractivity contribution in [2.24, 2.45) is 27.6 Å². The Balaban J connectivity index is 2.49. The van der Waals surface area contributed by atoms with Crippen molar-refractivity contribution < 1.29 is 108 Å².